The number of likely N-dealkylation sites (tertiary alicyclic amines) is 1. The number of halogens is 2. The van der Waals surface area contributed by atoms with Crippen molar-refractivity contribution >= 4 is 18.0 Å². The fourth-order valence-corrected chi connectivity index (χ4v) is 4.13. The highest BCUT2D eigenvalue weighted by molar-refractivity contribution is 5.77. The summed E-state index contributed by atoms with van der Waals surface area (Å²) in [6.45, 7) is 2.50. The minimum absolute atomic E-state index is 0.0251. The van der Waals surface area contributed by atoms with E-state index in [-0.39, 0.29) is 49.6 Å². The van der Waals surface area contributed by atoms with Gasteiger partial charge in [-0.3, -0.25) is 4.79 Å². The number of rotatable bonds is 8. The Morgan fingerprint density at radius 1 is 1.23 bits per heavy atom. The van der Waals surface area contributed by atoms with E-state index in [1.807, 2.05) is 0 Å². The summed E-state index contributed by atoms with van der Waals surface area (Å²) in [5.41, 5.74) is 5.57. The standard InChI is InChI=1S/C23H33F2N5O5/c1-23(2,25)35-17-7-4-14(19(24)9-17)11-28-22(33)30(15-5-6-15)16-8-18(34-20(31)10-26)13-29(12-16)21(32)27-3/h4,7,9,15-16,18H,5-6,8,10-13,26H2,1-3H3,(H,27,32)(H,28,33). The molecule has 10 nitrogen and oxygen atoms in total. The minimum Gasteiger partial charge on any atom is -0.459 e. The maximum atomic E-state index is 14.5. The second kappa shape index (κ2) is 11.1. The number of carbonyl (C=O) groups excluding carboxylic acids is 3. The molecule has 4 amide bonds. The molecule has 1 aromatic carbocycles. The van der Waals surface area contributed by atoms with Crippen LogP contribution in [0.1, 0.15) is 38.7 Å². The smallest absolute Gasteiger partial charge is 0.320 e. The van der Waals surface area contributed by atoms with Crippen molar-refractivity contribution in [3.63, 3.8) is 0 Å². The van der Waals surface area contributed by atoms with Crippen LogP contribution in [-0.4, -0.2) is 78.6 Å². The van der Waals surface area contributed by atoms with Gasteiger partial charge < -0.3 is 35.6 Å². The van der Waals surface area contributed by atoms with Crippen LogP contribution in [0.3, 0.4) is 0 Å². The Kier molecular flexibility index (Phi) is 8.36. The first-order valence-corrected chi connectivity index (χ1v) is 11.6. The zero-order valence-corrected chi connectivity index (χ0v) is 20.2. The van der Waals surface area contributed by atoms with Crippen LogP contribution in [0, 0.1) is 5.82 Å². The van der Waals surface area contributed by atoms with Crippen molar-refractivity contribution in [3.05, 3.63) is 29.6 Å². The summed E-state index contributed by atoms with van der Waals surface area (Å²) in [5.74, 6) is -3.14. The highest BCUT2D eigenvalue weighted by Crippen LogP contribution is 2.32. The molecule has 194 valence electrons. The van der Waals surface area contributed by atoms with Gasteiger partial charge in [0.1, 0.15) is 17.7 Å². The Morgan fingerprint density at radius 3 is 2.51 bits per heavy atom. The number of carbonyl (C=O) groups is 3. The maximum absolute atomic E-state index is 14.5. The third-order valence-electron chi connectivity index (χ3n) is 5.74. The number of benzene rings is 1. The highest BCUT2D eigenvalue weighted by Gasteiger charge is 2.42. The zero-order chi connectivity index (χ0) is 25.8. The van der Waals surface area contributed by atoms with E-state index in [0.29, 0.717) is 6.42 Å². The van der Waals surface area contributed by atoms with Crippen molar-refractivity contribution in [1.29, 1.82) is 0 Å². The fraction of sp³-hybridized carbons (Fsp3) is 0.609. The summed E-state index contributed by atoms with van der Waals surface area (Å²) >= 11 is 0. The third kappa shape index (κ3) is 7.41. The van der Waals surface area contributed by atoms with E-state index >= 15 is 0 Å². The van der Waals surface area contributed by atoms with Gasteiger partial charge in [0, 0.05) is 58.1 Å². The lowest BCUT2D eigenvalue weighted by molar-refractivity contribution is -0.150. The second-order valence-corrected chi connectivity index (χ2v) is 9.18. The number of hydrogen-bond donors (Lipinski definition) is 3. The van der Waals surface area contributed by atoms with Gasteiger partial charge in [-0.15, -0.1) is 0 Å². The normalized spacial score (nSPS) is 20.1. The lowest BCUT2D eigenvalue weighted by atomic mass is 10.0. The van der Waals surface area contributed by atoms with E-state index < -0.39 is 35.8 Å². The van der Waals surface area contributed by atoms with Crippen LogP contribution in [-0.2, 0) is 16.1 Å². The Balaban J connectivity index is 1.69. The molecule has 2 unspecified atom stereocenters. The second-order valence-electron chi connectivity index (χ2n) is 9.18. The number of alkyl halides is 1. The van der Waals surface area contributed by atoms with Gasteiger partial charge >= 0.3 is 18.0 Å². The number of esters is 1. The molecule has 1 aliphatic heterocycles. The molecule has 1 saturated carbocycles. The molecule has 1 heterocycles. The molecule has 2 atom stereocenters. The van der Waals surface area contributed by atoms with Crippen LogP contribution in [0.4, 0.5) is 18.4 Å². The Hall–Kier alpha value is -3.15. The van der Waals surface area contributed by atoms with Crippen molar-refractivity contribution in [2.24, 2.45) is 5.73 Å². The van der Waals surface area contributed by atoms with Crippen LogP contribution < -0.4 is 21.1 Å². The number of urea groups is 2. The van der Waals surface area contributed by atoms with Gasteiger partial charge in [0.05, 0.1) is 19.1 Å². The quantitative estimate of drug-likeness (QED) is 0.471. The van der Waals surface area contributed by atoms with E-state index in [1.54, 1.807) is 4.90 Å². The summed E-state index contributed by atoms with van der Waals surface area (Å²) < 4.78 is 38.6. The molecule has 1 aliphatic carbocycles. The van der Waals surface area contributed by atoms with Crippen LogP contribution in [0.2, 0.25) is 0 Å². The van der Waals surface area contributed by atoms with Crippen LogP contribution in [0.25, 0.3) is 0 Å². The van der Waals surface area contributed by atoms with E-state index in [1.165, 1.54) is 37.9 Å². The molecular formula is C23H33F2N5O5. The number of piperidine rings is 1. The predicted octanol–water partition coefficient (Wildman–Crippen LogP) is 1.87. The van der Waals surface area contributed by atoms with Crippen molar-refractivity contribution < 1.29 is 32.6 Å². The van der Waals surface area contributed by atoms with Gasteiger partial charge in [-0.25, -0.2) is 14.0 Å². The fourth-order valence-electron chi connectivity index (χ4n) is 4.13. The molecule has 3 rings (SSSR count). The first kappa shape index (κ1) is 26.5. The van der Waals surface area contributed by atoms with Crippen molar-refractivity contribution in [2.45, 2.75) is 63.7 Å². The molecule has 2 aliphatic rings. The Bertz CT molecular complexity index is 937. The van der Waals surface area contributed by atoms with Crippen molar-refractivity contribution in [2.75, 3.05) is 26.7 Å². The summed E-state index contributed by atoms with van der Waals surface area (Å²) in [6, 6.07) is 2.74. The van der Waals surface area contributed by atoms with Gasteiger partial charge in [-0.2, -0.15) is 4.39 Å². The molecule has 0 spiro atoms. The van der Waals surface area contributed by atoms with Gasteiger partial charge in [0.25, 0.3) is 0 Å². The molecule has 4 N–H and O–H groups in total. The Labute approximate surface area is 203 Å². The molecule has 0 bridgehead atoms. The van der Waals surface area contributed by atoms with Crippen molar-refractivity contribution in [3.8, 4) is 5.75 Å². The Morgan fingerprint density at radius 2 is 1.94 bits per heavy atom. The molecule has 2 fully saturated rings. The van der Waals surface area contributed by atoms with E-state index in [4.69, 9.17) is 15.2 Å². The first-order valence-electron chi connectivity index (χ1n) is 11.6. The molecule has 35 heavy (non-hydrogen) atoms. The summed E-state index contributed by atoms with van der Waals surface area (Å²) in [6.07, 6.45) is 1.34. The first-order chi connectivity index (χ1) is 16.5. The molecule has 1 aromatic rings. The summed E-state index contributed by atoms with van der Waals surface area (Å²) in [5, 5.41) is 5.29. The molecule has 1 saturated heterocycles. The largest absolute Gasteiger partial charge is 0.459 e. The topological polar surface area (TPSA) is 126 Å². The van der Waals surface area contributed by atoms with Gasteiger partial charge in [-0.1, -0.05) is 6.07 Å². The minimum atomic E-state index is -1.95. The number of ether oxygens (including phenoxy) is 2. The number of nitrogens with two attached hydrogens (primary N) is 1. The van der Waals surface area contributed by atoms with Crippen molar-refractivity contribution in [1.82, 2.24) is 20.4 Å². The van der Waals surface area contributed by atoms with E-state index in [9.17, 15) is 23.2 Å². The van der Waals surface area contributed by atoms with Crippen LogP contribution >= 0.6 is 0 Å². The van der Waals surface area contributed by atoms with Crippen LogP contribution in [0.5, 0.6) is 5.75 Å². The maximum Gasteiger partial charge on any atom is 0.320 e. The number of nitrogens with one attached hydrogen (secondary N) is 2. The molecular weight excluding hydrogens is 464 g/mol. The summed E-state index contributed by atoms with van der Waals surface area (Å²) in [4.78, 5) is 40.4. The van der Waals surface area contributed by atoms with E-state index in [2.05, 4.69) is 10.6 Å². The van der Waals surface area contributed by atoms with Gasteiger partial charge in [0.15, 0.2) is 0 Å². The zero-order valence-electron chi connectivity index (χ0n) is 20.2. The van der Waals surface area contributed by atoms with Gasteiger partial charge in [0.2, 0.25) is 5.85 Å². The molecule has 12 heteroatoms. The average molecular weight is 498 g/mol. The monoisotopic (exact) mass is 497 g/mol. The molecule has 0 aromatic heterocycles. The van der Waals surface area contributed by atoms with Crippen LogP contribution in [0.15, 0.2) is 18.2 Å². The third-order valence-corrected chi connectivity index (χ3v) is 5.74. The lowest BCUT2D eigenvalue weighted by Gasteiger charge is -2.42. The average Bonchev–Trinajstić information content (AvgIpc) is 3.61. The SMILES string of the molecule is CNC(=O)N1CC(OC(=O)CN)CC(N(C(=O)NCc2ccc(OC(C)(C)F)cc2F)C2CC2)C1. The van der Waals surface area contributed by atoms with E-state index in [0.717, 1.165) is 18.9 Å². The molecule has 0 radical (unpaired) electrons. The summed E-state index contributed by atoms with van der Waals surface area (Å²) in [7, 11) is 1.50. The van der Waals surface area contributed by atoms with Gasteiger partial charge in [-0.05, 0) is 18.9 Å². The highest BCUT2D eigenvalue weighted by atomic mass is 19.2. The lowest BCUT2D eigenvalue weighted by Crippen LogP contribution is -2.59. The number of hydrogen-bond acceptors (Lipinski definition) is 6. The number of amides is 4. The number of nitrogens with zero attached hydrogens (tertiary/aromatic N) is 2. The predicted molar refractivity (Wildman–Crippen MR) is 123 cm³/mol.